The van der Waals surface area contributed by atoms with Crippen molar-refractivity contribution in [3.05, 3.63) is 0 Å². The maximum Gasteiger partial charge on any atom is 0.0223 e. The third kappa shape index (κ3) is 2.90. The monoisotopic (exact) mass is 279 g/mol. The van der Waals surface area contributed by atoms with E-state index >= 15 is 0 Å². The van der Waals surface area contributed by atoms with Crippen LogP contribution in [0.2, 0.25) is 0 Å². The highest BCUT2D eigenvalue weighted by molar-refractivity contribution is 4.97. The first kappa shape index (κ1) is 14.8. The molecule has 0 spiro atoms. The molecule has 3 unspecified atom stereocenters. The van der Waals surface area contributed by atoms with Crippen LogP contribution in [0.25, 0.3) is 0 Å². The second-order valence-electron chi connectivity index (χ2n) is 8.00. The normalized spacial score (nSPS) is 38.9. The fraction of sp³-hybridized carbons (Fsp3) is 1.00. The van der Waals surface area contributed by atoms with E-state index < -0.39 is 0 Å². The Labute approximate surface area is 125 Å². The van der Waals surface area contributed by atoms with Crippen molar-refractivity contribution in [2.45, 2.75) is 58.0 Å². The summed E-state index contributed by atoms with van der Waals surface area (Å²) in [6, 6.07) is 1.56. The smallest absolute Gasteiger partial charge is 0.0223 e. The quantitative estimate of drug-likeness (QED) is 0.854. The zero-order chi connectivity index (χ0) is 14.2. The van der Waals surface area contributed by atoms with Crippen molar-refractivity contribution < 1.29 is 0 Å². The molecule has 3 nitrogen and oxygen atoms in total. The van der Waals surface area contributed by atoms with Crippen LogP contribution in [0.5, 0.6) is 0 Å². The molecule has 0 aromatic heterocycles. The van der Waals surface area contributed by atoms with E-state index in [1.165, 1.54) is 64.8 Å². The molecular formula is C17H33N3. The predicted molar refractivity (Wildman–Crippen MR) is 85.0 cm³/mol. The van der Waals surface area contributed by atoms with Crippen molar-refractivity contribution in [2.75, 3.05) is 39.8 Å². The van der Waals surface area contributed by atoms with Crippen LogP contribution in [0.4, 0.5) is 0 Å². The minimum Gasteiger partial charge on any atom is -0.316 e. The molecule has 1 saturated carbocycles. The average molecular weight is 279 g/mol. The standard InChI is InChI=1S/C17H33N3/c1-17(2)8-7-14(16(17)18-3)12-19-9-5-11-20-10-4-6-15(20)13-19/h14-16,18H,4-13H2,1-3H3. The fourth-order valence-corrected chi connectivity index (χ4v) is 5.12. The van der Waals surface area contributed by atoms with Crippen molar-refractivity contribution in [1.82, 2.24) is 15.1 Å². The van der Waals surface area contributed by atoms with Crippen molar-refractivity contribution >= 4 is 0 Å². The Morgan fingerprint density at radius 2 is 1.90 bits per heavy atom. The highest BCUT2D eigenvalue weighted by Crippen LogP contribution is 2.41. The molecule has 116 valence electrons. The Balaban J connectivity index is 1.59. The SMILES string of the molecule is CNC1C(CN2CCCN3CCCC3C2)CCC1(C)C. The van der Waals surface area contributed by atoms with Crippen molar-refractivity contribution in [3.63, 3.8) is 0 Å². The molecule has 0 amide bonds. The van der Waals surface area contributed by atoms with Gasteiger partial charge in [-0.25, -0.2) is 0 Å². The first-order valence-corrected chi connectivity index (χ1v) is 8.74. The first-order chi connectivity index (χ1) is 9.60. The van der Waals surface area contributed by atoms with E-state index in [4.69, 9.17) is 0 Å². The number of rotatable bonds is 3. The van der Waals surface area contributed by atoms with E-state index in [9.17, 15) is 0 Å². The number of fused-ring (bicyclic) bond motifs is 1. The molecule has 3 aliphatic rings. The third-order valence-electron chi connectivity index (χ3n) is 6.16. The van der Waals surface area contributed by atoms with Gasteiger partial charge in [0.1, 0.15) is 0 Å². The summed E-state index contributed by atoms with van der Waals surface area (Å²) in [6.07, 6.45) is 7.02. The van der Waals surface area contributed by atoms with Crippen molar-refractivity contribution in [2.24, 2.45) is 11.3 Å². The van der Waals surface area contributed by atoms with E-state index in [0.717, 1.165) is 12.0 Å². The van der Waals surface area contributed by atoms with Crippen LogP contribution in [0.1, 0.15) is 46.0 Å². The van der Waals surface area contributed by atoms with E-state index in [2.05, 4.69) is 36.0 Å². The maximum atomic E-state index is 3.62. The lowest BCUT2D eigenvalue weighted by Gasteiger charge is -2.34. The highest BCUT2D eigenvalue weighted by Gasteiger charge is 2.41. The molecule has 0 bridgehead atoms. The summed E-state index contributed by atoms with van der Waals surface area (Å²) in [7, 11) is 2.16. The molecule has 3 fully saturated rings. The fourth-order valence-electron chi connectivity index (χ4n) is 5.12. The van der Waals surface area contributed by atoms with E-state index in [0.29, 0.717) is 11.5 Å². The molecule has 0 radical (unpaired) electrons. The van der Waals surface area contributed by atoms with E-state index in [1.54, 1.807) is 0 Å². The maximum absolute atomic E-state index is 3.62. The molecular weight excluding hydrogens is 246 g/mol. The molecule has 3 heteroatoms. The Kier molecular flexibility index (Phi) is 4.40. The Hall–Kier alpha value is -0.120. The van der Waals surface area contributed by atoms with Crippen LogP contribution < -0.4 is 5.32 Å². The number of nitrogens with zero attached hydrogens (tertiary/aromatic N) is 2. The van der Waals surface area contributed by atoms with Gasteiger partial charge in [0.15, 0.2) is 0 Å². The molecule has 0 aromatic carbocycles. The summed E-state index contributed by atoms with van der Waals surface area (Å²) in [4.78, 5) is 5.53. The van der Waals surface area contributed by atoms with Gasteiger partial charge >= 0.3 is 0 Å². The second kappa shape index (κ2) is 5.94. The van der Waals surface area contributed by atoms with Crippen molar-refractivity contribution in [3.8, 4) is 0 Å². The minimum absolute atomic E-state index is 0.477. The van der Waals surface area contributed by atoms with Gasteiger partial charge in [-0.05, 0) is 70.1 Å². The predicted octanol–water partition coefficient (Wildman–Crippen LogP) is 2.18. The summed E-state index contributed by atoms with van der Waals surface area (Å²) >= 11 is 0. The Morgan fingerprint density at radius 3 is 2.70 bits per heavy atom. The van der Waals surface area contributed by atoms with Gasteiger partial charge in [-0.15, -0.1) is 0 Å². The van der Waals surface area contributed by atoms with Gasteiger partial charge < -0.3 is 10.2 Å². The van der Waals surface area contributed by atoms with Gasteiger partial charge in [0.2, 0.25) is 0 Å². The Bertz CT molecular complexity index is 328. The van der Waals surface area contributed by atoms with E-state index in [-0.39, 0.29) is 0 Å². The molecule has 3 atom stereocenters. The average Bonchev–Trinajstić information content (AvgIpc) is 2.89. The van der Waals surface area contributed by atoms with Gasteiger partial charge in [0, 0.05) is 25.2 Å². The molecule has 2 aliphatic heterocycles. The lowest BCUT2D eigenvalue weighted by atomic mass is 9.85. The summed E-state index contributed by atoms with van der Waals surface area (Å²) in [6.45, 7) is 11.5. The molecule has 1 N–H and O–H groups in total. The zero-order valence-corrected chi connectivity index (χ0v) is 13.7. The van der Waals surface area contributed by atoms with Gasteiger partial charge in [0.05, 0.1) is 0 Å². The van der Waals surface area contributed by atoms with Gasteiger partial charge in [-0.2, -0.15) is 0 Å². The molecule has 1 aliphatic carbocycles. The number of hydrogen-bond acceptors (Lipinski definition) is 3. The minimum atomic E-state index is 0.477. The molecule has 3 rings (SSSR count). The largest absolute Gasteiger partial charge is 0.316 e. The van der Waals surface area contributed by atoms with Gasteiger partial charge in [0.25, 0.3) is 0 Å². The molecule has 2 heterocycles. The lowest BCUT2D eigenvalue weighted by molar-refractivity contribution is 0.173. The van der Waals surface area contributed by atoms with Crippen molar-refractivity contribution in [1.29, 1.82) is 0 Å². The first-order valence-electron chi connectivity index (χ1n) is 8.74. The summed E-state index contributed by atoms with van der Waals surface area (Å²) in [5, 5.41) is 3.62. The lowest BCUT2D eigenvalue weighted by Crippen LogP contribution is -2.45. The summed E-state index contributed by atoms with van der Waals surface area (Å²) in [5.74, 6) is 0.850. The second-order valence-corrected chi connectivity index (χ2v) is 8.00. The molecule has 2 saturated heterocycles. The summed E-state index contributed by atoms with van der Waals surface area (Å²) < 4.78 is 0. The van der Waals surface area contributed by atoms with Crippen LogP contribution in [-0.4, -0.2) is 61.7 Å². The highest BCUT2D eigenvalue weighted by atomic mass is 15.3. The summed E-state index contributed by atoms with van der Waals surface area (Å²) in [5.41, 5.74) is 0.477. The van der Waals surface area contributed by atoms with E-state index in [1.807, 2.05) is 0 Å². The van der Waals surface area contributed by atoms with Crippen LogP contribution in [-0.2, 0) is 0 Å². The number of hydrogen-bond donors (Lipinski definition) is 1. The van der Waals surface area contributed by atoms with Crippen LogP contribution in [0.15, 0.2) is 0 Å². The van der Waals surface area contributed by atoms with Crippen LogP contribution >= 0.6 is 0 Å². The number of nitrogens with one attached hydrogen (secondary N) is 1. The van der Waals surface area contributed by atoms with Crippen LogP contribution in [0, 0.1) is 11.3 Å². The molecule has 20 heavy (non-hydrogen) atoms. The third-order valence-corrected chi connectivity index (χ3v) is 6.16. The zero-order valence-electron chi connectivity index (χ0n) is 13.7. The Morgan fingerprint density at radius 1 is 1.10 bits per heavy atom. The molecule has 0 aromatic rings. The van der Waals surface area contributed by atoms with Crippen LogP contribution in [0.3, 0.4) is 0 Å². The van der Waals surface area contributed by atoms with Gasteiger partial charge in [-0.3, -0.25) is 4.90 Å². The van der Waals surface area contributed by atoms with Gasteiger partial charge in [-0.1, -0.05) is 13.8 Å². The topological polar surface area (TPSA) is 18.5 Å².